The van der Waals surface area contributed by atoms with Gasteiger partial charge in [-0.3, -0.25) is 4.79 Å². The summed E-state index contributed by atoms with van der Waals surface area (Å²) in [5.41, 5.74) is 0.511. The van der Waals surface area contributed by atoms with Crippen LogP contribution in [-0.4, -0.2) is 18.6 Å². The van der Waals surface area contributed by atoms with Crippen LogP contribution in [0.2, 0.25) is 0 Å². The topological polar surface area (TPSA) is 71.2 Å². The van der Waals surface area contributed by atoms with Crippen molar-refractivity contribution in [2.24, 2.45) is 10.2 Å². The highest BCUT2D eigenvalue weighted by Crippen LogP contribution is 2.29. The lowest BCUT2D eigenvalue weighted by Gasteiger charge is -2.00. The Morgan fingerprint density at radius 2 is 2.31 bits per heavy atom. The van der Waals surface area contributed by atoms with Crippen molar-refractivity contribution in [3.63, 3.8) is 0 Å². The molecule has 1 N–H and O–H groups in total. The summed E-state index contributed by atoms with van der Waals surface area (Å²) < 4.78 is 4.49. The van der Waals surface area contributed by atoms with E-state index in [1.54, 1.807) is 6.07 Å². The van der Waals surface area contributed by atoms with Gasteiger partial charge in [0, 0.05) is 13.1 Å². The molecule has 0 bridgehead atoms. The van der Waals surface area contributed by atoms with Crippen LogP contribution in [0.3, 0.4) is 0 Å². The lowest BCUT2D eigenvalue weighted by molar-refractivity contribution is -0.120. The average molecular weight is 180 g/mol. The van der Waals surface area contributed by atoms with Crippen molar-refractivity contribution in [1.29, 1.82) is 0 Å². The number of hydrogen-bond donors (Lipinski definition) is 1. The molecule has 0 atom stereocenters. The number of azo groups is 1. The number of benzene rings is 1. The molecule has 5 heteroatoms. The predicted octanol–water partition coefficient (Wildman–Crippen LogP) is 1.64. The number of aromatic hydroxyl groups is 1. The molecule has 0 aliphatic carbocycles. The minimum atomic E-state index is -0.109. The summed E-state index contributed by atoms with van der Waals surface area (Å²) in [4.78, 5) is 10.0. The number of carbonyl (C=O) groups excluding carboxylic acids is 1. The number of nitrogens with zero attached hydrogens (tertiary/aromatic N) is 2. The van der Waals surface area contributed by atoms with Crippen LogP contribution in [0.25, 0.3) is 0 Å². The Kier molecular flexibility index (Phi) is 2.97. The number of phenolic OH excluding ortho intramolecular Hbond substituents is 1. The molecule has 13 heavy (non-hydrogen) atoms. The third kappa shape index (κ3) is 2.26. The predicted molar refractivity (Wildman–Crippen MR) is 45.2 cm³/mol. The summed E-state index contributed by atoms with van der Waals surface area (Å²) in [6.45, 7) is 0.238. The monoisotopic (exact) mass is 180 g/mol. The first-order valence-electron chi connectivity index (χ1n) is 3.51. The average Bonchev–Trinajstić information content (AvgIpc) is 2.12. The molecule has 0 aliphatic rings. The van der Waals surface area contributed by atoms with Crippen LogP contribution in [0.15, 0.2) is 28.4 Å². The molecule has 0 heterocycles. The Morgan fingerprint density at radius 3 is 2.92 bits per heavy atom. The fourth-order valence-electron chi connectivity index (χ4n) is 0.827. The molecule has 0 aromatic heterocycles. The zero-order valence-corrected chi connectivity index (χ0v) is 6.97. The SMILES string of the molecule is CN=Nc1ccc(O)c(OC=O)c1. The first kappa shape index (κ1) is 9.18. The van der Waals surface area contributed by atoms with Gasteiger partial charge in [0.2, 0.25) is 0 Å². The molecule has 0 radical (unpaired) electrons. The summed E-state index contributed by atoms with van der Waals surface area (Å²) in [5.74, 6) is -0.0398. The first-order chi connectivity index (χ1) is 6.27. The van der Waals surface area contributed by atoms with E-state index in [1.807, 2.05) is 0 Å². The molecule has 5 nitrogen and oxygen atoms in total. The second kappa shape index (κ2) is 4.20. The zero-order valence-electron chi connectivity index (χ0n) is 6.97. The van der Waals surface area contributed by atoms with Crippen molar-refractivity contribution in [3.8, 4) is 11.5 Å². The van der Waals surface area contributed by atoms with E-state index in [4.69, 9.17) is 0 Å². The number of carbonyl (C=O) groups is 1. The largest absolute Gasteiger partial charge is 0.504 e. The van der Waals surface area contributed by atoms with E-state index in [-0.39, 0.29) is 18.0 Å². The Balaban J connectivity index is 3.03. The van der Waals surface area contributed by atoms with Crippen LogP contribution in [0, 0.1) is 0 Å². The van der Waals surface area contributed by atoms with Gasteiger partial charge in [0.15, 0.2) is 11.5 Å². The Bertz CT molecular complexity index is 336. The fraction of sp³-hybridized carbons (Fsp3) is 0.125. The maximum absolute atomic E-state index is 10.0. The lowest BCUT2D eigenvalue weighted by Crippen LogP contribution is -1.88. The second-order valence-electron chi connectivity index (χ2n) is 2.17. The summed E-state index contributed by atoms with van der Waals surface area (Å²) >= 11 is 0. The number of phenols is 1. The van der Waals surface area contributed by atoms with Crippen LogP contribution >= 0.6 is 0 Å². The molecule has 0 spiro atoms. The fourth-order valence-corrected chi connectivity index (χ4v) is 0.827. The minimum absolute atomic E-state index is 0.0694. The van der Waals surface area contributed by atoms with E-state index < -0.39 is 0 Å². The molecule has 1 aromatic rings. The highest BCUT2D eigenvalue weighted by atomic mass is 16.5. The molecular formula is C8H8N2O3. The highest BCUT2D eigenvalue weighted by Gasteiger charge is 2.02. The van der Waals surface area contributed by atoms with Crippen LogP contribution in [-0.2, 0) is 4.79 Å². The molecule has 0 aliphatic heterocycles. The second-order valence-corrected chi connectivity index (χ2v) is 2.17. The number of ether oxygens (including phenoxy) is 1. The van der Waals surface area contributed by atoms with Crippen molar-refractivity contribution >= 4 is 12.2 Å². The van der Waals surface area contributed by atoms with E-state index in [0.29, 0.717) is 5.69 Å². The van der Waals surface area contributed by atoms with Crippen molar-refractivity contribution in [2.75, 3.05) is 7.05 Å². The lowest BCUT2D eigenvalue weighted by atomic mass is 10.3. The molecule has 0 fully saturated rings. The standard InChI is InChI=1S/C8H8N2O3/c1-9-10-6-2-3-7(12)8(4-6)13-5-11/h2-5,12H,1H3. The van der Waals surface area contributed by atoms with Gasteiger partial charge in [-0.1, -0.05) is 0 Å². The summed E-state index contributed by atoms with van der Waals surface area (Å²) in [6.07, 6.45) is 0. The molecule has 0 unspecified atom stereocenters. The van der Waals surface area contributed by atoms with Crippen LogP contribution in [0.1, 0.15) is 0 Å². The van der Waals surface area contributed by atoms with E-state index in [0.717, 1.165) is 0 Å². The van der Waals surface area contributed by atoms with Gasteiger partial charge in [0.25, 0.3) is 6.47 Å². The molecule has 1 rings (SSSR count). The maximum atomic E-state index is 10.0. The van der Waals surface area contributed by atoms with Crippen molar-refractivity contribution in [1.82, 2.24) is 0 Å². The van der Waals surface area contributed by atoms with Gasteiger partial charge in [-0.2, -0.15) is 10.2 Å². The number of rotatable bonds is 3. The van der Waals surface area contributed by atoms with Gasteiger partial charge in [-0.25, -0.2) is 0 Å². The smallest absolute Gasteiger partial charge is 0.298 e. The molecule has 0 saturated heterocycles. The third-order valence-corrected chi connectivity index (χ3v) is 1.33. The molecule has 1 aromatic carbocycles. The van der Waals surface area contributed by atoms with Gasteiger partial charge < -0.3 is 9.84 Å². The normalized spacial score (nSPS) is 10.2. The van der Waals surface area contributed by atoms with E-state index in [9.17, 15) is 9.90 Å². The quantitative estimate of drug-likeness (QED) is 0.567. The van der Waals surface area contributed by atoms with Gasteiger partial charge in [0.05, 0.1) is 5.69 Å². The van der Waals surface area contributed by atoms with Gasteiger partial charge in [-0.15, -0.1) is 0 Å². The summed E-state index contributed by atoms with van der Waals surface area (Å²) in [7, 11) is 1.52. The number of hydrogen-bond acceptors (Lipinski definition) is 5. The minimum Gasteiger partial charge on any atom is -0.504 e. The highest BCUT2D eigenvalue weighted by molar-refractivity contribution is 5.55. The molecular weight excluding hydrogens is 172 g/mol. The van der Waals surface area contributed by atoms with Crippen LogP contribution in [0.4, 0.5) is 5.69 Å². The molecule has 0 amide bonds. The Morgan fingerprint density at radius 1 is 1.54 bits per heavy atom. The van der Waals surface area contributed by atoms with Crippen LogP contribution in [0.5, 0.6) is 11.5 Å². The van der Waals surface area contributed by atoms with Gasteiger partial charge in [0.1, 0.15) is 0 Å². The van der Waals surface area contributed by atoms with Crippen LogP contribution < -0.4 is 4.74 Å². The first-order valence-corrected chi connectivity index (χ1v) is 3.51. The third-order valence-electron chi connectivity index (χ3n) is 1.33. The Labute approximate surface area is 74.7 Å². The Hall–Kier alpha value is -1.91. The molecule has 0 saturated carbocycles. The van der Waals surface area contributed by atoms with Crippen molar-refractivity contribution in [2.45, 2.75) is 0 Å². The molecule has 68 valence electrons. The van der Waals surface area contributed by atoms with E-state index >= 15 is 0 Å². The summed E-state index contributed by atoms with van der Waals surface area (Å²) in [6, 6.07) is 4.35. The van der Waals surface area contributed by atoms with Gasteiger partial charge in [-0.05, 0) is 12.1 Å². The van der Waals surface area contributed by atoms with Crippen molar-refractivity contribution < 1.29 is 14.6 Å². The van der Waals surface area contributed by atoms with Gasteiger partial charge >= 0.3 is 0 Å². The van der Waals surface area contributed by atoms with E-state index in [2.05, 4.69) is 15.0 Å². The van der Waals surface area contributed by atoms with Crippen molar-refractivity contribution in [3.05, 3.63) is 18.2 Å². The maximum Gasteiger partial charge on any atom is 0.298 e. The zero-order chi connectivity index (χ0) is 9.68. The van der Waals surface area contributed by atoms with E-state index in [1.165, 1.54) is 19.2 Å². The summed E-state index contributed by atoms with van der Waals surface area (Å²) in [5, 5.41) is 16.4.